The molecule has 0 spiro atoms. The van der Waals surface area contributed by atoms with Crippen molar-refractivity contribution in [1.82, 2.24) is 0 Å². The van der Waals surface area contributed by atoms with Crippen molar-refractivity contribution in [2.24, 2.45) is 5.41 Å². The van der Waals surface area contributed by atoms with E-state index in [4.69, 9.17) is 15.4 Å². The van der Waals surface area contributed by atoms with Gasteiger partial charge in [-0.1, -0.05) is 29.8 Å². The predicted octanol–water partition coefficient (Wildman–Crippen LogP) is 3.56. The van der Waals surface area contributed by atoms with Crippen LogP contribution < -0.4 is 4.74 Å². The molecule has 1 aromatic rings. The largest absolute Gasteiger partial charge is 0.490 e. The van der Waals surface area contributed by atoms with Gasteiger partial charge >= 0.3 is 0 Å². The van der Waals surface area contributed by atoms with Crippen LogP contribution in [0.3, 0.4) is 0 Å². The molecule has 18 heavy (non-hydrogen) atoms. The van der Waals surface area contributed by atoms with E-state index in [9.17, 15) is 12.8 Å². The average Bonchev–Trinajstić information content (AvgIpc) is 2.16. The van der Waals surface area contributed by atoms with Gasteiger partial charge in [-0.25, -0.2) is 12.8 Å². The van der Waals surface area contributed by atoms with E-state index in [0.29, 0.717) is 4.47 Å². The van der Waals surface area contributed by atoms with E-state index < -0.39 is 20.3 Å². The summed E-state index contributed by atoms with van der Waals surface area (Å²) in [6.45, 7) is 3.41. The Labute approximate surface area is 119 Å². The van der Waals surface area contributed by atoms with Crippen LogP contribution in [0.4, 0.5) is 4.39 Å². The summed E-state index contributed by atoms with van der Waals surface area (Å²) in [4.78, 5) is 0. The van der Waals surface area contributed by atoms with Gasteiger partial charge in [0.2, 0.25) is 9.05 Å². The maximum Gasteiger partial charge on any atom is 0.233 e. The molecule has 0 N–H and O–H groups in total. The quantitative estimate of drug-likeness (QED) is 0.755. The number of hydrogen-bond donors (Lipinski definition) is 0. The first kappa shape index (κ1) is 15.7. The lowest BCUT2D eigenvalue weighted by molar-refractivity contribution is 0.193. The minimum absolute atomic E-state index is 0.0479. The molecule has 0 aromatic heterocycles. The second kappa shape index (κ2) is 5.75. The highest BCUT2D eigenvalue weighted by molar-refractivity contribution is 9.10. The lowest BCUT2D eigenvalue weighted by Crippen LogP contribution is -2.28. The van der Waals surface area contributed by atoms with Gasteiger partial charge in [0.15, 0.2) is 11.6 Å². The molecular formula is C11H13BrClFO3S. The van der Waals surface area contributed by atoms with E-state index >= 15 is 0 Å². The number of hydrogen-bond acceptors (Lipinski definition) is 3. The standard InChI is InChI=1S/C11H13BrClFO3S/c1-11(2,7-18(13,15)16)6-17-10-5-8(12)3-4-9(10)14/h3-5H,6-7H2,1-2H3. The molecule has 0 saturated carbocycles. The molecule has 1 rings (SSSR count). The monoisotopic (exact) mass is 358 g/mol. The van der Waals surface area contributed by atoms with Crippen molar-refractivity contribution in [2.45, 2.75) is 13.8 Å². The van der Waals surface area contributed by atoms with Crippen molar-refractivity contribution in [3.05, 3.63) is 28.5 Å². The Hall–Kier alpha value is -0.330. The number of rotatable bonds is 5. The number of benzene rings is 1. The first-order chi connectivity index (χ1) is 8.09. The van der Waals surface area contributed by atoms with E-state index in [1.165, 1.54) is 12.1 Å². The number of ether oxygens (including phenoxy) is 1. The smallest absolute Gasteiger partial charge is 0.233 e. The van der Waals surface area contributed by atoms with Gasteiger partial charge in [-0.2, -0.15) is 0 Å². The Kier molecular flexibility index (Phi) is 5.03. The van der Waals surface area contributed by atoms with E-state index in [1.807, 2.05) is 0 Å². The van der Waals surface area contributed by atoms with Gasteiger partial charge in [0.05, 0.1) is 12.4 Å². The van der Waals surface area contributed by atoms with Crippen LogP contribution in [0.1, 0.15) is 13.8 Å². The summed E-state index contributed by atoms with van der Waals surface area (Å²) in [6, 6.07) is 4.31. The van der Waals surface area contributed by atoms with E-state index in [-0.39, 0.29) is 18.1 Å². The van der Waals surface area contributed by atoms with Crippen LogP contribution in [0.25, 0.3) is 0 Å². The molecule has 3 nitrogen and oxygen atoms in total. The fraction of sp³-hybridized carbons (Fsp3) is 0.455. The molecule has 0 aliphatic carbocycles. The van der Waals surface area contributed by atoms with Crippen LogP contribution in [0.5, 0.6) is 5.75 Å². The Morgan fingerprint density at radius 1 is 1.44 bits per heavy atom. The second-order valence-electron chi connectivity index (χ2n) is 4.71. The van der Waals surface area contributed by atoms with Gasteiger partial charge < -0.3 is 4.74 Å². The van der Waals surface area contributed by atoms with E-state index in [2.05, 4.69) is 15.9 Å². The fourth-order valence-electron chi connectivity index (χ4n) is 1.37. The molecule has 0 saturated heterocycles. The summed E-state index contributed by atoms with van der Waals surface area (Å²) >= 11 is 3.20. The molecule has 102 valence electrons. The van der Waals surface area contributed by atoms with Gasteiger partial charge in [0.1, 0.15) is 0 Å². The summed E-state index contributed by atoms with van der Waals surface area (Å²) < 4.78 is 41.4. The van der Waals surface area contributed by atoms with Gasteiger partial charge in [0, 0.05) is 20.6 Å². The van der Waals surface area contributed by atoms with Crippen molar-refractivity contribution in [1.29, 1.82) is 0 Å². The van der Waals surface area contributed by atoms with Crippen molar-refractivity contribution in [2.75, 3.05) is 12.4 Å². The molecule has 0 bridgehead atoms. The summed E-state index contributed by atoms with van der Waals surface area (Å²) in [5.74, 6) is -0.663. The lowest BCUT2D eigenvalue weighted by Gasteiger charge is -2.23. The summed E-state index contributed by atoms with van der Waals surface area (Å²) in [6.07, 6.45) is 0. The van der Waals surface area contributed by atoms with Crippen molar-refractivity contribution in [3.63, 3.8) is 0 Å². The zero-order valence-electron chi connectivity index (χ0n) is 9.91. The summed E-state index contributed by atoms with van der Waals surface area (Å²) in [5.41, 5.74) is -0.699. The summed E-state index contributed by atoms with van der Waals surface area (Å²) in [7, 11) is 1.58. The topological polar surface area (TPSA) is 43.4 Å². The number of halogens is 3. The summed E-state index contributed by atoms with van der Waals surface area (Å²) in [5, 5.41) is 0. The lowest BCUT2D eigenvalue weighted by atomic mass is 9.98. The zero-order valence-corrected chi connectivity index (χ0v) is 13.1. The first-order valence-electron chi connectivity index (χ1n) is 5.09. The van der Waals surface area contributed by atoms with Crippen molar-refractivity contribution in [3.8, 4) is 5.75 Å². The van der Waals surface area contributed by atoms with Crippen LogP contribution in [0.2, 0.25) is 0 Å². The molecular weight excluding hydrogens is 347 g/mol. The average molecular weight is 360 g/mol. The highest BCUT2D eigenvalue weighted by Crippen LogP contribution is 2.26. The van der Waals surface area contributed by atoms with Crippen LogP contribution >= 0.6 is 26.6 Å². The van der Waals surface area contributed by atoms with Crippen LogP contribution in [-0.2, 0) is 9.05 Å². The van der Waals surface area contributed by atoms with E-state index in [0.717, 1.165) is 0 Å². The SMILES string of the molecule is CC(C)(COc1cc(Br)ccc1F)CS(=O)(=O)Cl. The van der Waals surface area contributed by atoms with Gasteiger partial charge in [-0.15, -0.1) is 0 Å². The molecule has 0 atom stereocenters. The van der Waals surface area contributed by atoms with Gasteiger partial charge in [0.25, 0.3) is 0 Å². The second-order valence-corrected chi connectivity index (χ2v) is 8.40. The minimum atomic E-state index is -3.62. The molecule has 0 aliphatic rings. The molecule has 0 aliphatic heterocycles. The molecule has 0 heterocycles. The highest BCUT2D eigenvalue weighted by atomic mass is 79.9. The Balaban J connectivity index is 2.72. The third kappa shape index (κ3) is 5.54. The highest BCUT2D eigenvalue weighted by Gasteiger charge is 2.26. The molecule has 7 heteroatoms. The van der Waals surface area contributed by atoms with Crippen LogP contribution in [0, 0.1) is 11.2 Å². The van der Waals surface area contributed by atoms with Crippen LogP contribution in [-0.4, -0.2) is 20.8 Å². The van der Waals surface area contributed by atoms with Gasteiger partial charge in [-0.05, 0) is 18.2 Å². The van der Waals surface area contributed by atoms with Crippen molar-refractivity contribution < 1.29 is 17.5 Å². The predicted molar refractivity (Wildman–Crippen MR) is 73.0 cm³/mol. The Morgan fingerprint density at radius 3 is 2.61 bits per heavy atom. The molecule has 0 unspecified atom stereocenters. The van der Waals surface area contributed by atoms with Crippen molar-refractivity contribution >= 4 is 35.7 Å². The molecule has 0 amide bonds. The normalized spacial score (nSPS) is 12.5. The third-order valence-electron chi connectivity index (χ3n) is 2.07. The van der Waals surface area contributed by atoms with E-state index in [1.54, 1.807) is 19.9 Å². The molecule has 0 fully saturated rings. The maximum absolute atomic E-state index is 13.4. The zero-order chi connectivity index (χ0) is 14.0. The van der Waals surface area contributed by atoms with Crippen LogP contribution in [0.15, 0.2) is 22.7 Å². The minimum Gasteiger partial charge on any atom is -0.490 e. The first-order valence-corrected chi connectivity index (χ1v) is 8.36. The van der Waals surface area contributed by atoms with Gasteiger partial charge in [-0.3, -0.25) is 0 Å². The Morgan fingerprint density at radius 2 is 2.06 bits per heavy atom. The fourth-order valence-corrected chi connectivity index (χ4v) is 3.61. The molecule has 0 radical (unpaired) electrons. The third-order valence-corrected chi connectivity index (χ3v) is 4.02. The molecule has 1 aromatic carbocycles. The maximum atomic E-state index is 13.4. The Bertz CT molecular complexity index is 531.